The second-order valence-corrected chi connectivity index (χ2v) is 6.05. The van der Waals surface area contributed by atoms with Gasteiger partial charge in [-0.05, 0) is 41.8 Å². The van der Waals surface area contributed by atoms with Crippen LogP contribution in [0.25, 0.3) is 0 Å². The molecule has 0 aliphatic heterocycles. The Hall–Kier alpha value is -3.34. The molecule has 0 saturated heterocycles. The van der Waals surface area contributed by atoms with E-state index in [4.69, 9.17) is 4.74 Å². The van der Waals surface area contributed by atoms with Crippen molar-refractivity contribution in [3.05, 3.63) is 99.6 Å². The van der Waals surface area contributed by atoms with Crippen LogP contribution in [0.5, 0.6) is 5.75 Å². The predicted octanol–water partition coefficient (Wildman–Crippen LogP) is 5.09. The van der Waals surface area contributed by atoms with Gasteiger partial charge in [-0.3, -0.25) is 10.1 Å². The lowest BCUT2D eigenvalue weighted by Crippen LogP contribution is -2.03. The molecule has 5 heteroatoms. The largest absolute Gasteiger partial charge is 0.489 e. The summed E-state index contributed by atoms with van der Waals surface area (Å²) in [6.45, 7) is 2.86. The molecular weight excluding hydrogens is 328 g/mol. The molecule has 26 heavy (non-hydrogen) atoms. The molecule has 0 radical (unpaired) electrons. The molecule has 0 atom stereocenters. The smallest absolute Gasteiger partial charge is 0.292 e. The quantitative estimate of drug-likeness (QED) is 0.477. The van der Waals surface area contributed by atoms with Gasteiger partial charge in [0, 0.05) is 12.6 Å². The zero-order valence-electron chi connectivity index (χ0n) is 14.5. The predicted molar refractivity (Wildman–Crippen MR) is 102 cm³/mol. The molecule has 3 aromatic carbocycles. The Bertz CT molecular complexity index is 878. The van der Waals surface area contributed by atoms with Gasteiger partial charge in [-0.2, -0.15) is 0 Å². The van der Waals surface area contributed by atoms with Crippen molar-refractivity contribution < 1.29 is 9.66 Å². The Morgan fingerprint density at radius 1 is 0.962 bits per heavy atom. The van der Waals surface area contributed by atoms with Crippen LogP contribution >= 0.6 is 0 Å². The van der Waals surface area contributed by atoms with Gasteiger partial charge in [-0.15, -0.1) is 0 Å². The summed E-state index contributed by atoms with van der Waals surface area (Å²) in [7, 11) is 0. The van der Waals surface area contributed by atoms with Crippen LogP contribution in [0.2, 0.25) is 0 Å². The van der Waals surface area contributed by atoms with Crippen molar-refractivity contribution in [2.24, 2.45) is 0 Å². The average Bonchev–Trinajstić information content (AvgIpc) is 2.67. The van der Waals surface area contributed by atoms with Gasteiger partial charge in [-0.25, -0.2) is 0 Å². The van der Waals surface area contributed by atoms with E-state index >= 15 is 0 Å². The average molecular weight is 348 g/mol. The summed E-state index contributed by atoms with van der Waals surface area (Å²) < 4.78 is 5.76. The molecule has 1 N–H and O–H groups in total. The molecule has 3 aromatic rings. The zero-order chi connectivity index (χ0) is 18.4. The van der Waals surface area contributed by atoms with Gasteiger partial charge < -0.3 is 10.1 Å². The maximum Gasteiger partial charge on any atom is 0.292 e. The van der Waals surface area contributed by atoms with Crippen LogP contribution in [0.15, 0.2) is 72.8 Å². The topological polar surface area (TPSA) is 64.4 Å². The number of hydrogen-bond donors (Lipinski definition) is 1. The molecule has 5 nitrogen and oxygen atoms in total. The highest BCUT2D eigenvalue weighted by Crippen LogP contribution is 2.26. The van der Waals surface area contributed by atoms with E-state index < -0.39 is 0 Å². The minimum absolute atomic E-state index is 0.0906. The number of nitrogens with zero attached hydrogens (tertiary/aromatic N) is 1. The monoisotopic (exact) mass is 348 g/mol. The fraction of sp³-hybridized carbons (Fsp3) is 0.143. The van der Waals surface area contributed by atoms with Crippen molar-refractivity contribution in [2.75, 3.05) is 5.32 Å². The van der Waals surface area contributed by atoms with E-state index in [1.165, 1.54) is 0 Å². The first-order chi connectivity index (χ1) is 12.6. The second kappa shape index (κ2) is 8.16. The molecule has 0 aliphatic carbocycles. The summed E-state index contributed by atoms with van der Waals surface area (Å²) in [4.78, 5) is 10.8. The van der Waals surface area contributed by atoms with Crippen LogP contribution < -0.4 is 10.1 Å². The molecule has 0 bridgehead atoms. The van der Waals surface area contributed by atoms with Crippen molar-refractivity contribution in [1.82, 2.24) is 0 Å². The summed E-state index contributed by atoms with van der Waals surface area (Å²) in [5.41, 5.74) is 3.61. The van der Waals surface area contributed by atoms with E-state index in [2.05, 4.69) is 5.32 Å². The van der Waals surface area contributed by atoms with Crippen molar-refractivity contribution in [3.63, 3.8) is 0 Å². The van der Waals surface area contributed by atoms with E-state index in [0.717, 1.165) is 22.4 Å². The third kappa shape index (κ3) is 4.60. The van der Waals surface area contributed by atoms with E-state index in [1.54, 1.807) is 12.1 Å². The number of nitro benzene ring substituents is 1. The first-order valence-electron chi connectivity index (χ1n) is 8.36. The SMILES string of the molecule is Cc1ccc(NCc2ccc(OCc3ccccc3)cc2)c([N+](=O)[O-])c1. The van der Waals surface area contributed by atoms with Crippen molar-refractivity contribution in [2.45, 2.75) is 20.1 Å². The number of aryl methyl sites for hydroxylation is 1. The van der Waals surface area contributed by atoms with Crippen LogP contribution in [0.1, 0.15) is 16.7 Å². The standard InChI is InChI=1S/C21H20N2O3/c1-16-7-12-20(21(13-16)23(24)25)22-14-17-8-10-19(11-9-17)26-15-18-5-3-2-4-6-18/h2-13,22H,14-15H2,1H3. The first-order valence-corrected chi connectivity index (χ1v) is 8.36. The van der Waals surface area contributed by atoms with Gasteiger partial charge in [-0.1, -0.05) is 48.5 Å². The minimum atomic E-state index is -0.365. The number of ether oxygens (including phenoxy) is 1. The number of rotatable bonds is 7. The third-order valence-corrected chi connectivity index (χ3v) is 4.00. The molecule has 132 valence electrons. The van der Waals surface area contributed by atoms with Crippen molar-refractivity contribution in [1.29, 1.82) is 0 Å². The molecule has 0 fully saturated rings. The third-order valence-electron chi connectivity index (χ3n) is 4.00. The summed E-state index contributed by atoms with van der Waals surface area (Å²) in [6, 6.07) is 22.9. The normalized spacial score (nSPS) is 10.3. The fourth-order valence-corrected chi connectivity index (χ4v) is 2.58. The lowest BCUT2D eigenvalue weighted by atomic mass is 10.1. The van der Waals surface area contributed by atoms with Crippen LogP contribution in [0.4, 0.5) is 11.4 Å². The highest BCUT2D eigenvalue weighted by molar-refractivity contribution is 5.62. The van der Waals surface area contributed by atoms with E-state index in [1.807, 2.05) is 67.6 Å². The molecule has 0 heterocycles. The molecule has 0 aliphatic rings. The number of nitro groups is 1. The Kier molecular flexibility index (Phi) is 5.49. The Balaban J connectivity index is 1.59. The van der Waals surface area contributed by atoms with Crippen LogP contribution in [-0.4, -0.2) is 4.92 Å². The van der Waals surface area contributed by atoms with Crippen LogP contribution in [-0.2, 0) is 13.2 Å². The van der Waals surface area contributed by atoms with E-state index in [0.29, 0.717) is 18.8 Å². The maximum absolute atomic E-state index is 11.2. The second-order valence-electron chi connectivity index (χ2n) is 6.05. The number of hydrogen-bond acceptors (Lipinski definition) is 4. The summed E-state index contributed by atoms with van der Waals surface area (Å²) in [5, 5.41) is 14.3. The lowest BCUT2D eigenvalue weighted by Gasteiger charge is -2.10. The van der Waals surface area contributed by atoms with E-state index in [-0.39, 0.29) is 10.6 Å². The molecule has 0 saturated carbocycles. The summed E-state index contributed by atoms with van der Waals surface area (Å²) in [5.74, 6) is 0.791. The minimum Gasteiger partial charge on any atom is -0.489 e. The van der Waals surface area contributed by atoms with Gasteiger partial charge in [0.25, 0.3) is 5.69 Å². The van der Waals surface area contributed by atoms with Crippen LogP contribution in [0.3, 0.4) is 0 Å². The van der Waals surface area contributed by atoms with Gasteiger partial charge in [0.15, 0.2) is 0 Å². The maximum atomic E-state index is 11.2. The first kappa shape index (κ1) is 17.5. The van der Waals surface area contributed by atoms with Gasteiger partial charge in [0.1, 0.15) is 18.0 Å². The Labute approximate surface area is 152 Å². The molecule has 0 aromatic heterocycles. The molecule has 0 amide bonds. The van der Waals surface area contributed by atoms with Gasteiger partial charge in [0.05, 0.1) is 4.92 Å². The number of anilines is 1. The van der Waals surface area contributed by atoms with Crippen molar-refractivity contribution in [3.8, 4) is 5.75 Å². The highest BCUT2D eigenvalue weighted by Gasteiger charge is 2.13. The lowest BCUT2D eigenvalue weighted by molar-refractivity contribution is -0.384. The number of nitrogens with one attached hydrogen (secondary N) is 1. The fourth-order valence-electron chi connectivity index (χ4n) is 2.58. The van der Waals surface area contributed by atoms with Crippen LogP contribution in [0, 0.1) is 17.0 Å². The van der Waals surface area contributed by atoms with Gasteiger partial charge >= 0.3 is 0 Å². The summed E-state index contributed by atoms with van der Waals surface area (Å²) in [6.07, 6.45) is 0. The zero-order valence-corrected chi connectivity index (χ0v) is 14.5. The van der Waals surface area contributed by atoms with Crippen molar-refractivity contribution >= 4 is 11.4 Å². The van der Waals surface area contributed by atoms with Gasteiger partial charge in [0.2, 0.25) is 0 Å². The molecule has 0 spiro atoms. The Morgan fingerprint density at radius 2 is 1.69 bits per heavy atom. The molecular formula is C21H20N2O3. The van der Waals surface area contributed by atoms with E-state index in [9.17, 15) is 10.1 Å². The Morgan fingerprint density at radius 3 is 2.38 bits per heavy atom. The molecule has 0 unspecified atom stereocenters. The molecule has 3 rings (SSSR count). The number of benzene rings is 3. The summed E-state index contributed by atoms with van der Waals surface area (Å²) >= 11 is 0. The highest BCUT2D eigenvalue weighted by atomic mass is 16.6.